The van der Waals surface area contributed by atoms with E-state index in [4.69, 9.17) is 0 Å². The molecule has 2 rings (SSSR count). The number of rotatable bonds is 2. The third kappa shape index (κ3) is 3.18. The molecule has 2 saturated carbocycles. The molecule has 0 radical (unpaired) electrons. The van der Waals surface area contributed by atoms with Gasteiger partial charge in [0.25, 0.3) is 0 Å². The number of hydrogen-bond donors (Lipinski definition) is 0. The Morgan fingerprint density at radius 1 is 1.21 bits per heavy atom. The normalized spacial score (nSPS) is 36.5. The van der Waals surface area contributed by atoms with Crippen LogP contribution in [0.1, 0.15) is 32.1 Å². The molecule has 0 aromatic rings. The van der Waals surface area contributed by atoms with Crippen LogP contribution in [0.25, 0.3) is 0 Å². The topological polar surface area (TPSA) is 66.4 Å². The molecule has 2 aliphatic carbocycles. The zero-order chi connectivity index (χ0) is 9.47. The molecule has 0 aromatic carbocycles. The van der Waals surface area contributed by atoms with E-state index in [1.54, 1.807) is 0 Å². The Hall–Kier alpha value is 0.870. The molecular weight excluding hydrogens is 215 g/mol. The minimum Gasteiger partial charge on any atom is -0.726 e. The monoisotopic (exact) mass is 228 g/mol. The Kier molecular flexibility index (Phi) is 4.44. The van der Waals surface area contributed by atoms with E-state index in [2.05, 4.69) is 4.18 Å². The molecule has 0 saturated heterocycles. The van der Waals surface area contributed by atoms with Crippen molar-refractivity contribution in [2.75, 3.05) is 0 Å². The van der Waals surface area contributed by atoms with Crippen molar-refractivity contribution >= 4 is 10.4 Å². The first kappa shape index (κ1) is 12.9. The van der Waals surface area contributed by atoms with Crippen LogP contribution in [-0.4, -0.2) is 19.1 Å². The first-order chi connectivity index (χ1) is 6.04. The van der Waals surface area contributed by atoms with Crippen molar-refractivity contribution in [1.29, 1.82) is 0 Å². The first-order valence-corrected chi connectivity index (χ1v) is 6.02. The van der Waals surface area contributed by atoms with Gasteiger partial charge in [-0.1, -0.05) is 12.8 Å². The standard InChI is InChI=1S/C8H14O4S.Na/c9-13(10,11)12-8-5-6-2-1-3-7(8)4-6;/h6-8H,1-5H2,(H,9,10,11);/q;+1/p-1. The molecule has 14 heavy (non-hydrogen) atoms. The zero-order valence-electron chi connectivity index (χ0n) is 8.31. The van der Waals surface area contributed by atoms with Gasteiger partial charge in [0.1, 0.15) is 0 Å². The minimum atomic E-state index is -4.50. The van der Waals surface area contributed by atoms with Gasteiger partial charge < -0.3 is 4.55 Å². The molecule has 0 aromatic heterocycles. The van der Waals surface area contributed by atoms with Crippen molar-refractivity contribution in [1.82, 2.24) is 0 Å². The van der Waals surface area contributed by atoms with E-state index in [0.29, 0.717) is 11.8 Å². The fraction of sp³-hybridized carbons (Fsp3) is 1.00. The molecule has 3 unspecified atom stereocenters. The van der Waals surface area contributed by atoms with Crippen molar-refractivity contribution in [2.45, 2.75) is 38.2 Å². The number of fused-ring (bicyclic) bond motifs is 2. The maximum atomic E-state index is 10.4. The van der Waals surface area contributed by atoms with Crippen LogP contribution in [0.4, 0.5) is 0 Å². The van der Waals surface area contributed by atoms with Gasteiger partial charge in [0.15, 0.2) is 0 Å². The molecule has 0 spiro atoms. The van der Waals surface area contributed by atoms with Crippen LogP contribution in [0.5, 0.6) is 0 Å². The third-order valence-corrected chi connectivity index (χ3v) is 3.64. The zero-order valence-corrected chi connectivity index (χ0v) is 11.1. The van der Waals surface area contributed by atoms with Crippen LogP contribution in [0, 0.1) is 11.8 Å². The van der Waals surface area contributed by atoms with Gasteiger partial charge in [0.2, 0.25) is 10.4 Å². The van der Waals surface area contributed by atoms with Crippen LogP contribution in [0.3, 0.4) is 0 Å². The summed E-state index contributed by atoms with van der Waals surface area (Å²) in [6, 6.07) is 0. The molecule has 76 valence electrons. The van der Waals surface area contributed by atoms with Gasteiger partial charge in [-0.2, -0.15) is 0 Å². The fourth-order valence-corrected chi connectivity index (χ4v) is 3.21. The summed E-state index contributed by atoms with van der Waals surface area (Å²) in [4.78, 5) is 0. The maximum Gasteiger partial charge on any atom is 1.00 e. The van der Waals surface area contributed by atoms with Gasteiger partial charge in [0.05, 0.1) is 6.10 Å². The molecular formula is C8H13NaO4S. The second kappa shape index (κ2) is 4.80. The molecule has 0 amide bonds. The van der Waals surface area contributed by atoms with Crippen molar-refractivity contribution in [2.24, 2.45) is 11.8 Å². The molecule has 0 heterocycles. The van der Waals surface area contributed by atoms with E-state index in [9.17, 15) is 13.0 Å². The molecule has 0 aliphatic heterocycles. The van der Waals surface area contributed by atoms with E-state index < -0.39 is 10.4 Å². The second-order valence-corrected chi connectivity index (χ2v) is 5.08. The van der Waals surface area contributed by atoms with Gasteiger partial charge in [0, 0.05) is 0 Å². The molecule has 2 aliphatic rings. The second-order valence-electron chi connectivity index (χ2n) is 4.07. The van der Waals surface area contributed by atoms with Gasteiger partial charge >= 0.3 is 29.6 Å². The molecule has 2 bridgehead atoms. The summed E-state index contributed by atoms with van der Waals surface area (Å²) in [5.74, 6) is 0.896. The van der Waals surface area contributed by atoms with Gasteiger partial charge in [-0.05, 0) is 31.1 Å². The molecule has 3 atom stereocenters. The summed E-state index contributed by atoms with van der Waals surface area (Å²) in [6.07, 6.45) is 4.79. The van der Waals surface area contributed by atoms with Crippen LogP contribution in [0.15, 0.2) is 0 Å². The third-order valence-electron chi connectivity index (χ3n) is 3.16. The summed E-state index contributed by atoms with van der Waals surface area (Å²) in [6.45, 7) is 0. The Morgan fingerprint density at radius 2 is 1.93 bits per heavy atom. The summed E-state index contributed by atoms with van der Waals surface area (Å²) in [5, 5.41) is 0. The molecule has 0 N–H and O–H groups in total. The Balaban J connectivity index is 0.000000980. The summed E-state index contributed by atoms with van der Waals surface area (Å²) >= 11 is 0. The Labute approximate surface area is 107 Å². The average Bonchev–Trinajstić information content (AvgIpc) is 2.24. The summed E-state index contributed by atoms with van der Waals surface area (Å²) < 4.78 is 35.7. The van der Waals surface area contributed by atoms with Crippen LogP contribution >= 0.6 is 0 Å². The predicted molar refractivity (Wildman–Crippen MR) is 44.6 cm³/mol. The van der Waals surface area contributed by atoms with E-state index in [-0.39, 0.29) is 35.7 Å². The smallest absolute Gasteiger partial charge is 0.726 e. The van der Waals surface area contributed by atoms with Crippen molar-refractivity contribution in [3.05, 3.63) is 0 Å². The van der Waals surface area contributed by atoms with E-state index >= 15 is 0 Å². The largest absolute Gasteiger partial charge is 1.00 e. The number of hydrogen-bond acceptors (Lipinski definition) is 4. The van der Waals surface area contributed by atoms with Crippen LogP contribution in [-0.2, 0) is 14.6 Å². The van der Waals surface area contributed by atoms with Gasteiger partial charge in [-0.15, -0.1) is 0 Å². The van der Waals surface area contributed by atoms with Crippen molar-refractivity contribution < 1.29 is 46.7 Å². The van der Waals surface area contributed by atoms with E-state index in [0.717, 1.165) is 32.1 Å². The molecule has 2 fully saturated rings. The van der Waals surface area contributed by atoms with Crippen molar-refractivity contribution in [3.63, 3.8) is 0 Å². The van der Waals surface area contributed by atoms with E-state index in [1.165, 1.54) is 0 Å². The first-order valence-electron chi connectivity index (χ1n) is 4.69. The summed E-state index contributed by atoms with van der Waals surface area (Å²) in [7, 11) is -4.50. The van der Waals surface area contributed by atoms with Crippen molar-refractivity contribution in [3.8, 4) is 0 Å². The SMILES string of the molecule is O=S(=O)([O-])OC1CC2CCCC1C2.[Na+]. The summed E-state index contributed by atoms with van der Waals surface area (Å²) in [5.41, 5.74) is 0. The predicted octanol–water partition coefficient (Wildman–Crippen LogP) is -1.95. The molecule has 6 heteroatoms. The Morgan fingerprint density at radius 3 is 2.50 bits per heavy atom. The van der Waals surface area contributed by atoms with Crippen LogP contribution < -0.4 is 29.6 Å². The van der Waals surface area contributed by atoms with Gasteiger partial charge in [-0.3, -0.25) is 4.18 Å². The molecule has 4 nitrogen and oxygen atoms in total. The van der Waals surface area contributed by atoms with Crippen LogP contribution in [0.2, 0.25) is 0 Å². The Bertz CT molecular complexity index is 290. The van der Waals surface area contributed by atoms with Gasteiger partial charge in [-0.25, -0.2) is 8.42 Å². The minimum absolute atomic E-state index is 0. The average molecular weight is 228 g/mol. The quantitative estimate of drug-likeness (QED) is 0.313. The van der Waals surface area contributed by atoms with E-state index in [1.807, 2.05) is 0 Å². The fourth-order valence-electron chi connectivity index (χ4n) is 2.67. The maximum absolute atomic E-state index is 10.4.